The van der Waals surface area contributed by atoms with E-state index in [2.05, 4.69) is 31.5 Å². The number of nitrogens with two attached hydrogens (primary N) is 2. The highest BCUT2D eigenvalue weighted by molar-refractivity contribution is 6.04. The number of H-pyrrole nitrogens is 1. The summed E-state index contributed by atoms with van der Waals surface area (Å²) in [5.74, 6) is 1.37. The van der Waals surface area contributed by atoms with Gasteiger partial charge in [-0.25, -0.2) is 9.98 Å². The number of hydrogen-bond acceptors (Lipinski definition) is 6. The van der Waals surface area contributed by atoms with E-state index in [-0.39, 0.29) is 0 Å². The first kappa shape index (κ1) is 24.0. The fraction of sp³-hybridized carbons (Fsp3) is 0.320. The van der Waals surface area contributed by atoms with Crippen LogP contribution in [-0.4, -0.2) is 53.8 Å². The largest absolute Gasteiger partial charge is 0.398 e. The van der Waals surface area contributed by atoms with Crippen LogP contribution in [0, 0.1) is 6.92 Å². The Hall–Kier alpha value is -3.65. The molecule has 6 N–H and O–H groups in total. The minimum Gasteiger partial charge on any atom is -0.398 e. The summed E-state index contributed by atoms with van der Waals surface area (Å²) in [6.45, 7) is 4.61. The highest BCUT2D eigenvalue weighted by atomic mass is 15.2. The van der Waals surface area contributed by atoms with Crippen molar-refractivity contribution in [3.05, 3.63) is 77.4 Å². The van der Waals surface area contributed by atoms with E-state index in [9.17, 15) is 0 Å². The Labute approximate surface area is 195 Å². The second-order valence-electron chi connectivity index (χ2n) is 7.94. The molecule has 0 unspecified atom stereocenters. The molecule has 3 rings (SSSR count). The lowest BCUT2D eigenvalue weighted by Gasteiger charge is -2.29. The van der Waals surface area contributed by atoms with Crippen molar-refractivity contribution < 1.29 is 0 Å². The van der Waals surface area contributed by atoms with E-state index in [1.807, 2.05) is 50.4 Å². The van der Waals surface area contributed by atoms with Crippen molar-refractivity contribution in [2.45, 2.75) is 26.2 Å². The summed E-state index contributed by atoms with van der Waals surface area (Å²) >= 11 is 0. The molecule has 2 aromatic rings. The summed E-state index contributed by atoms with van der Waals surface area (Å²) in [4.78, 5) is 11.8. The molecule has 0 bridgehead atoms. The molecule has 33 heavy (non-hydrogen) atoms. The van der Waals surface area contributed by atoms with Gasteiger partial charge in [-0.3, -0.25) is 5.10 Å². The third-order valence-corrected chi connectivity index (χ3v) is 5.25. The van der Waals surface area contributed by atoms with Crippen molar-refractivity contribution in [1.29, 1.82) is 0 Å². The highest BCUT2D eigenvalue weighted by Gasteiger charge is 2.13. The van der Waals surface area contributed by atoms with E-state index in [0.29, 0.717) is 29.5 Å². The van der Waals surface area contributed by atoms with Gasteiger partial charge in [-0.15, -0.1) is 0 Å². The van der Waals surface area contributed by atoms with Gasteiger partial charge in [0.15, 0.2) is 5.84 Å². The summed E-state index contributed by atoms with van der Waals surface area (Å²) in [6, 6.07) is 11.7. The Balaban J connectivity index is 1.94. The molecule has 174 valence electrons. The van der Waals surface area contributed by atoms with E-state index in [1.54, 1.807) is 18.4 Å². The zero-order valence-corrected chi connectivity index (χ0v) is 19.5. The molecule has 0 aliphatic carbocycles. The first-order valence-electron chi connectivity index (χ1n) is 11.3. The number of nitrogens with zero attached hydrogens (tertiary/aromatic N) is 4. The number of rotatable bonds is 8. The minimum absolute atomic E-state index is 0.484. The van der Waals surface area contributed by atoms with E-state index in [4.69, 9.17) is 16.5 Å². The molecule has 8 heteroatoms. The number of likely N-dealkylation sites (tertiary alicyclic amines) is 1. The van der Waals surface area contributed by atoms with E-state index < -0.39 is 0 Å². The fourth-order valence-electron chi connectivity index (χ4n) is 3.48. The average molecular weight is 447 g/mol. The van der Waals surface area contributed by atoms with E-state index >= 15 is 0 Å². The van der Waals surface area contributed by atoms with Crippen LogP contribution in [0.3, 0.4) is 0 Å². The predicted molar refractivity (Wildman–Crippen MR) is 137 cm³/mol. The van der Waals surface area contributed by atoms with Crippen LogP contribution in [0.15, 0.2) is 70.4 Å². The van der Waals surface area contributed by atoms with Crippen molar-refractivity contribution in [2.75, 3.05) is 26.7 Å². The van der Waals surface area contributed by atoms with Crippen LogP contribution >= 0.6 is 0 Å². The minimum atomic E-state index is 0.484. The summed E-state index contributed by atoms with van der Waals surface area (Å²) in [7, 11) is 1.92. The summed E-state index contributed by atoms with van der Waals surface area (Å²) in [6.07, 6.45) is 10.8. The molecule has 0 atom stereocenters. The molecule has 1 saturated heterocycles. The monoisotopic (exact) mass is 446 g/mol. The van der Waals surface area contributed by atoms with Crippen LogP contribution < -0.4 is 16.8 Å². The summed E-state index contributed by atoms with van der Waals surface area (Å²) in [5, 5.41) is 10.3. The first-order chi connectivity index (χ1) is 16.1. The zero-order valence-electron chi connectivity index (χ0n) is 19.5. The van der Waals surface area contributed by atoms with Crippen LogP contribution in [0.5, 0.6) is 0 Å². The summed E-state index contributed by atoms with van der Waals surface area (Å²) in [5.41, 5.74) is 16.2. The number of aryl methyl sites for hydroxylation is 1. The van der Waals surface area contributed by atoms with Crippen molar-refractivity contribution in [3.63, 3.8) is 0 Å². The Morgan fingerprint density at radius 1 is 1.15 bits per heavy atom. The van der Waals surface area contributed by atoms with Gasteiger partial charge in [0.1, 0.15) is 11.5 Å². The van der Waals surface area contributed by atoms with Gasteiger partial charge in [-0.2, -0.15) is 5.10 Å². The fourth-order valence-corrected chi connectivity index (χ4v) is 3.48. The molecule has 1 aliphatic rings. The normalized spacial score (nSPS) is 16.6. The van der Waals surface area contributed by atoms with Crippen LogP contribution in [-0.2, 0) is 0 Å². The van der Waals surface area contributed by atoms with Crippen LogP contribution in [0.2, 0.25) is 0 Å². The number of aromatic amines is 1. The van der Waals surface area contributed by atoms with Crippen molar-refractivity contribution >= 4 is 23.4 Å². The maximum absolute atomic E-state index is 6.32. The number of hydrogen-bond donors (Lipinski definition) is 4. The van der Waals surface area contributed by atoms with Gasteiger partial charge >= 0.3 is 0 Å². The zero-order chi connectivity index (χ0) is 23.5. The second-order valence-corrected chi connectivity index (χ2v) is 7.94. The van der Waals surface area contributed by atoms with E-state index in [0.717, 1.165) is 43.0 Å². The number of amidine groups is 1. The smallest absolute Gasteiger partial charge is 0.156 e. The molecule has 1 aliphatic heterocycles. The van der Waals surface area contributed by atoms with Crippen LogP contribution in [0.1, 0.15) is 36.2 Å². The SMILES string of the molecule is CNC/C=C(\N=C(C=C(N)c1cc(C)[nH]n1)N=CC=C(N)c1ccccc1)N1CCCCC1. The molecule has 1 aromatic heterocycles. The number of allylic oxidation sites excluding steroid dienone is 1. The van der Waals surface area contributed by atoms with Gasteiger partial charge in [0.05, 0.1) is 5.70 Å². The molecule has 0 amide bonds. The number of aromatic nitrogens is 2. The standard InChI is InChI=1S/C25H34N8/c1-19-17-23(32-31-19)22(27)18-24(29-14-11-21(26)20-9-5-3-6-10-20)30-25(12-13-28-2)33-15-7-4-8-16-33/h3,5-6,9-12,14,17-18,28H,4,7-8,13,15-16,26-27H2,1-2H3,(H,31,32)/b21-11?,22-18?,25-12+,29-14?,30-24?. The van der Waals surface area contributed by atoms with Crippen LogP contribution in [0.4, 0.5) is 0 Å². The molecule has 2 heterocycles. The van der Waals surface area contributed by atoms with Crippen molar-refractivity contribution in [1.82, 2.24) is 20.4 Å². The third-order valence-electron chi connectivity index (χ3n) is 5.25. The molecule has 0 saturated carbocycles. The Bertz CT molecular complexity index is 1040. The van der Waals surface area contributed by atoms with Crippen molar-refractivity contribution in [2.24, 2.45) is 21.5 Å². The van der Waals surface area contributed by atoms with Gasteiger partial charge in [-0.1, -0.05) is 30.3 Å². The number of piperidine rings is 1. The van der Waals surface area contributed by atoms with Crippen LogP contribution in [0.25, 0.3) is 11.4 Å². The molecule has 8 nitrogen and oxygen atoms in total. The molecule has 0 radical (unpaired) electrons. The summed E-state index contributed by atoms with van der Waals surface area (Å²) < 4.78 is 0. The third kappa shape index (κ3) is 7.47. The maximum atomic E-state index is 6.32. The quantitative estimate of drug-likeness (QED) is 0.367. The molecular weight excluding hydrogens is 412 g/mol. The second kappa shape index (κ2) is 12.4. The Morgan fingerprint density at radius 2 is 1.91 bits per heavy atom. The molecule has 1 fully saturated rings. The van der Waals surface area contributed by atoms with Gasteiger partial charge in [0, 0.05) is 43.3 Å². The number of benzene rings is 1. The van der Waals surface area contributed by atoms with Gasteiger partial charge in [0.25, 0.3) is 0 Å². The maximum Gasteiger partial charge on any atom is 0.156 e. The lowest BCUT2D eigenvalue weighted by atomic mass is 10.1. The number of aliphatic imine (C=N–C) groups is 2. The Morgan fingerprint density at radius 3 is 2.58 bits per heavy atom. The van der Waals surface area contributed by atoms with E-state index in [1.165, 1.54) is 6.42 Å². The number of nitrogens with one attached hydrogen (secondary N) is 2. The Kier molecular flexibility index (Phi) is 9.02. The topological polar surface area (TPSA) is 121 Å². The van der Waals surface area contributed by atoms with Gasteiger partial charge in [0.2, 0.25) is 0 Å². The lowest BCUT2D eigenvalue weighted by Crippen LogP contribution is -2.29. The highest BCUT2D eigenvalue weighted by Crippen LogP contribution is 2.17. The molecule has 0 spiro atoms. The first-order valence-corrected chi connectivity index (χ1v) is 11.3. The predicted octanol–water partition coefficient (Wildman–Crippen LogP) is 3.03. The van der Waals surface area contributed by atoms with Crippen molar-refractivity contribution in [3.8, 4) is 0 Å². The lowest BCUT2D eigenvalue weighted by molar-refractivity contribution is 0.282. The average Bonchev–Trinajstić information content (AvgIpc) is 3.29. The van der Waals surface area contributed by atoms with Gasteiger partial charge in [-0.05, 0) is 57.0 Å². The molecular formula is C25H34N8. The van der Waals surface area contributed by atoms with Gasteiger partial charge < -0.3 is 21.7 Å². The number of likely N-dealkylation sites (N-methyl/N-ethyl adjacent to an activating group) is 1. The molecule has 1 aromatic carbocycles.